The van der Waals surface area contributed by atoms with Crippen molar-refractivity contribution in [3.05, 3.63) is 17.0 Å². The third-order valence-corrected chi connectivity index (χ3v) is 2.34. The highest BCUT2D eigenvalue weighted by molar-refractivity contribution is 6.29. The van der Waals surface area contributed by atoms with E-state index in [1.807, 2.05) is 6.92 Å². The van der Waals surface area contributed by atoms with Gasteiger partial charge < -0.3 is 14.2 Å². The van der Waals surface area contributed by atoms with Crippen LogP contribution >= 0.6 is 11.6 Å². The lowest BCUT2D eigenvalue weighted by Crippen LogP contribution is -2.10. The first-order valence-corrected chi connectivity index (χ1v) is 6.37. The summed E-state index contributed by atoms with van der Waals surface area (Å²) in [6.45, 7) is 4.31. The van der Waals surface area contributed by atoms with E-state index >= 15 is 0 Å². The number of halogens is 1. The summed E-state index contributed by atoms with van der Waals surface area (Å²) in [5.41, 5.74) is 0. The molecule has 1 rings (SSSR count). The Kier molecular flexibility index (Phi) is 7.64. The van der Waals surface area contributed by atoms with Crippen LogP contribution in [0.15, 0.2) is 6.07 Å². The van der Waals surface area contributed by atoms with Crippen molar-refractivity contribution in [3.63, 3.8) is 0 Å². The highest BCUT2D eigenvalue weighted by Gasteiger charge is 2.02. The minimum atomic E-state index is 0.401. The number of ether oxygens (including phenoxy) is 3. The van der Waals surface area contributed by atoms with Crippen LogP contribution in [0.2, 0.25) is 5.15 Å². The van der Waals surface area contributed by atoms with Crippen LogP contribution in [-0.2, 0) is 15.9 Å². The van der Waals surface area contributed by atoms with Crippen molar-refractivity contribution < 1.29 is 14.2 Å². The Balaban J connectivity index is 2.20. The molecule has 0 fully saturated rings. The van der Waals surface area contributed by atoms with E-state index < -0.39 is 0 Å². The molecule has 0 unspecified atom stereocenters. The van der Waals surface area contributed by atoms with Crippen molar-refractivity contribution in [1.82, 2.24) is 9.97 Å². The van der Waals surface area contributed by atoms with Gasteiger partial charge in [-0.05, 0) is 6.42 Å². The first-order valence-electron chi connectivity index (χ1n) is 5.99. The van der Waals surface area contributed by atoms with Crippen LogP contribution in [0.1, 0.15) is 19.2 Å². The van der Waals surface area contributed by atoms with Crippen molar-refractivity contribution in [2.75, 3.05) is 33.5 Å². The molecule has 5 nitrogen and oxygen atoms in total. The first-order chi connectivity index (χ1) is 8.76. The Morgan fingerprint density at radius 1 is 1.17 bits per heavy atom. The quantitative estimate of drug-likeness (QED) is 0.510. The predicted molar refractivity (Wildman–Crippen MR) is 69.2 cm³/mol. The van der Waals surface area contributed by atoms with Crippen LogP contribution in [0.25, 0.3) is 0 Å². The first kappa shape index (κ1) is 15.1. The lowest BCUT2D eigenvalue weighted by molar-refractivity contribution is 0.0794. The van der Waals surface area contributed by atoms with Crippen molar-refractivity contribution in [2.45, 2.75) is 19.8 Å². The van der Waals surface area contributed by atoms with Gasteiger partial charge in [-0.2, -0.15) is 4.98 Å². The minimum Gasteiger partial charge on any atom is -0.475 e. The summed E-state index contributed by atoms with van der Waals surface area (Å²) in [7, 11) is 1.67. The number of hydrogen-bond donors (Lipinski definition) is 0. The fraction of sp³-hybridized carbons (Fsp3) is 0.667. The molecule has 0 aliphatic carbocycles. The Labute approximate surface area is 112 Å². The number of rotatable bonds is 9. The number of aromatic nitrogens is 2. The molecule has 0 atom stereocenters. The summed E-state index contributed by atoms with van der Waals surface area (Å²) in [5, 5.41) is 0.401. The molecule has 0 bridgehead atoms. The molecule has 6 heteroatoms. The standard InChI is InChI=1S/C12H19ClN2O3/c1-3-11-14-10(13)9-12(15-11)18-8-7-17-6-4-5-16-2/h9H,3-8H2,1-2H3. The summed E-state index contributed by atoms with van der Waals surface area (Å²) >= 11 is 5.85. The molecular formula is C12H19ClN2O3. The molecule has 0 radical (unpaired) electrons. The highest BCUT2D eigenvalue weighted by Crippen LogP contribution is 2.13. The Hall–Kier alpha value is -0.910. The molecule has 0 saturated heterocycles. The Morgan fingerprint density at radius 2 is 2.00 bits per heavy atom. The van der Waals surface area contributed by atoms with Crippen LogP contribution in [0.4, 0.5) is 0 Å². The van der Waals surface area contributed by atoms with Gasteiger partial charge in [0.2, 0.25) is 5.88 Å². The van der Waals surface area contributed by atoms with E-state index in [0.29, 0.717) is 43.3 Å². The molecule has 0 aliphatic heterocycles. The van der Waals surface area contributed by atoms with E-state index in [0.717, 1.165) is 12.8 Å². The largest absolute Gasteiger partial charge is 0.475 e. The van der Waals surface area contributed by atoms with Gasteiger partial charge in [0, 0.05) is 32.8 Å². The van der Waals surface area contributed by atoms with Gasteiger partial charge >= 0.3 is 0 Å². The zero-order valence-electron chi connectivity index (χ0n) is 10.8. The third kappa shape index (κ3) is 6.14. The summed E-state index contributed by atoms with van der Waals surface area (Å²) in [6.07, 6.45) is 1.61. The van der Waals surface area contributed by atoms with Crippen LogP contribution in [0.5, 0.6) is 5.88 Å². The van der Waals surface area contributed by atoms with Gasteiger partial charge in [-0.25, -0.2) is 4.98 Å². The molecule has 18 heavy (non-hydrogen) atoms. The monoisotopic (exact) mass is 274 g/mol. The van der Waals surface area contributed by atoms with Crippen LogP contribution in [0, 0.1) is 0 Å². The maximum atomic E-state index is 5.85. The van der Waals surface area contributed by atoms with E-state index in [4.69, 9.17) is 25.8 Å². The predicted octanol–water partition coefficient (Wildman–Crippen LogP) is 2.12. The Morgan fingerprint density at radius 3 is 2.72 bits per heavy atom. The second-order valence-corrected chi connectivity index (χ2v) is 3.99. The average Bonchev–Trinajstić information content (AvgIpc) is 2.37. The average molecular weight is 275 g/mol. The molecule has 0 N–H and O–H groups in total. The molecule has 1 aromatic heterocycles. The Bertz CT molecular complexity index is 350. The van der Waals surface area contributed by atoms with Crippen molar-refractivity contribution in [3.8, 4) is 5.88 Å². The number of nitrogens with zero attached hydrogens (tertiary/aromatic N) is 2. The van der Waals surface area contributed by atoms with Gasteiger partial charge in [0.1, 0.15) is 17.6 Å². The van der Waals surface area contributed by atoms with E-state index in [1.54, 1.807) is 13.2 Å². The smallest absolute Gasteiger partial charge is 0.218 e. The lowest BCUT2D eigenvalue weighted by atomic mass is 10.4. The molecule has 0 aromatic carbocycles. The normalized spacial score (nSPS) is 10.6. The SMILES string of the molecule is CCc1nc(Cl)cc(OCCOCCCOC)n1. The zero-order chi connectivity index (χ0) is 13.2. The van der Waals surface area contributed by atoms with Crippen molar-refractivity contribution in [2.24, 2.45) is 0 Å². The van der Waals surface area contributed by atoms with Gasteiger partial charge in [0.15, 0.2) is 0 Å². The maximum Gasteiger partial charge on any atom is 0.218 e. The van der Waals surface area contributed by atoms with Gasteiger partial charge in [0.05, 0.1) is 6.61 Å². The van der Waals surface area contributed by atoms with E-state index in [1.165, 1.54) is 0 Å². The van der Waals surface area contributed by atoms with Gasteiger partial charge in [0.25, 0.3) is 0 Å². The van der Waals surface area contributed by atoms with E-state index in [2.05, 4.69) is 9.97 Å². The molecule has 0 spiro atoms. The topological polar surface area (TPSA) is 53.5 Å². The number of hydrogen-bond acceptors (Lipinski definition) is 5. The second-order valence-electron chi connectivity index (χ2n) is 3.61. The molecule has 1 aromatic rings. The summed E-state index contributed by atoms with van der Waals surface area (Å²) < 4.78 is 15.7. The van der Waals surface area contributed by atoms with Gasteiger partial charge in [-0.1, -0.05) is 18.5 Å². The van der Waals surface area contributed by atoms with Gasteiger partial charge in [-0.15, -0.1) is 0 Å². The molecule has 0 aliphatic rings. The number of methoxy groups -OCH3 is 1. The molecule has 102 valence electrons. The minimum absolute atomic E-state index is 0.401. The van der Waals surface area contributed by atoms with E-state index in [9.17, 15) is 0 Å². The lowest BCUT2D eigenvalue weighted by Gasteiger charge is -2.07. The molecular weight excluding hydrogens is 256 g/mol. The van der Waals surface area contributed by atoms with Crippen LogP contribution in [0.3, 0.4) is 0 Å². The van der Waals surface area contributed by atoms with Crippen LogP contribution < -0.4 is 4.74 Å². The highest BCUT2D eigenvalue weighted by atomic mass is 35.5. The third-order valence-electron chi connectivity index (χ3n) is 2.15. The molecule has 1 heterocycles. The fourth-order valence-electron chi connectivity index (χ4n) is 1.29. The number of aryl methyl sites for hydroxylation is 1. The fourth-order valence-corrected chi connectivity index (χ4v) is 1.48. The van der Waals surface area contributed by atoms with Crippen LogP contribution in [-0.4, -0.2) is 43.5 Å². The summed E-state index contributed by atoms with van der Waals surface area (Å²) in [6, 6.07) is 1.60. The van der Waals surface area contributed by atoms with Gasteiger partial charge in [-0.3, -0.25) is 0 Å². The van der Waals surface area contributed by atoms with Crippen molar-refractivity contribution >= 4 is 11.6 Å². The zero-order valence-corrected chi connectivity index (χ0v) is 11.6. The summed E-state index contributed by atoms with van der Waals surface area (Å²) in [5.74, 6) is 1.17. The molecule has 0 amide bonds. The summed E-state index contributed by atoms with van der Waals surface area (Å²) in [4.78, 5) is 8.27. The molecule has 0 saturated carbocycles. The second kappa shape index (κ2) is 9.08. The maximum absolute atomic E-state index is 5.85. The van der Waals surface area contributed by atoms with E-state index in [-0.39, 0.29) is 0 Å². The van der Waals surface area contributed by atoms with Crippen molar-refractivity contribution in [1.29, 1.82) is 0 Å².